The van der Waals surface area contributed by atoms with Gasteiger partial charge in [-0.15, -0.1) is 0 Å². The molecule has 0 unspecified atom stereocenters. The van der Waals surface area contributed by atoms with Crippen LogP contribution in [0.4, 0.5) is 0 Å². The maximum Gasteiger partial charge on any atom is 0.305 e. The highest BCUT2D eigenvalue weighted by Gasteiger charge is 2.44. The lowest BCUT2D eigenvalue weighted by molar-refractivity contribution is -0.143. The summed E-state index contributed by atoms with van der Waals surface area (Å²) in [6, 6.07) is 18.2. The Morgan fingerprint density at radius 1 is 0.909 bits per heavy atom. The molecule has 0 atom stereocenters. The average molecular weight is 297 g/mol. The van der Waals surface area contributed by atoms with Crippen molar-refractivity contribution in [1.29, 1.82) is 0 Å². The summed E-state index contributed by atoms with van der Waals surface area (Å²) in [6.07, 6.45) is -0.294. The third kappa shape index (κ3) is 2.86. The molecule has 2 aromatic rings. The van der Waals surface area contributed by atoms with Crippen LogP contribution in [0.15, 0.2) is 60.7 Å². The van der Waals surface area contributed by atoms with E-state index in [2.05, 4.69) is 0 Å². The molecule has 0 heterocycles. The van der Waals surface area contributed by atoms with Crippen molar-refractivity contribution in [3.8, 4) is 0 Å². The minimum absolute atomic E-state index is 0.243. The summed E-state index contributed by atoms with van der Waals surface area (Å²) in [7, 11) is 3.29. The molecule has 0 aliphatic rings. The minimum atomic E-state index is -1.22. The first-order valence-electron chi connectivity index (χ1n) is 7.03. The van der Waals surface area contributed by atoms with Gasteiger partial charge >= 0.3 is 5.97 Å². The van der Waals surface area contributed by atoms with Crippen molar-refractivity contribution in [2.24, 2.45) is 0 Å². The summed E-state index contributed by atoms with van der Waals surface area (Å²) in [5.41, 5.74) is 0.141. The van der Waals surface area contributed by atoms with E-state index in [0.29, 0.717) is 11.1 Å². The molecule has 0 aliphatic heterocycles. The molecule has 0 aliphatic carbocycles. The van der Waals surface area contributed by atoms with Gasteiger partial charge in [0.05, 0.1) is 6.42 Å². The van der Waals surface area contributed by atoms with E-state index >= 15 is 0 Å². The van der Waals surface area contributed by atoms with Gasteiger partial charge in [-0.25, -0.2) is 0 Å². The van der Waals surface area contributed by atoms with Crippen molar-refractivity contribution in [2.45, 2.75) is 11.8 Å². The standard InChI is InChI=1S/C18H19NO3/c1-19(2)17(22)18(13-16(20)21,14-9-5-3-6-10-14)15-11-7-4-8-12-15/h3-12H,13H2,1-2H3,(H,20,21). The maximum atomic E-state index is 13.0. The summed E-state index contributed by atoms with van der Waals surface area (Å²) in [6.45, 7) is 0. The quantitative estimate of drug-likeness (QED) is 0.922. The molecule has 0 saturated heterocycles. The van der Waals surface area contributed by atoms with Gasteiger partial charge in [0.15, 0.2) is 0 Å². The Labute approximate surface area is 130 Å². The molecular weight excluding hydrogens is 278 g/mol. The summed E-state index contributed by atoms with van der Waals surface area (Å²) >= 11 is 0. The third-order valence-corrected chi connectivity index (χ3v) is 3.72. The van der Waals surface area contributed by atoms with E-state index in [1.165, 1.54) is 4.90 Å². The molecule has 0 bridgehead atoms. The van der Waals surface area contributed by atoms with Crippen LogP contribution in [0.3, 0.4) is 0 Å². The fraction of sp³-hybridized carbons (Fsp3) is 0.222. The number of carboxylic acid groups (broad SMARTS) is 1. The van der Waals surface area contributed by atoms with Crippen LogP contribution in [0.2, 0.25) is 0 Å². The Kier molecular flexibility index (Phi) is 4.61. The first-order chi connectivity index (χ1) is 10.5. The van der Waals surface area contributed by atoms with Crippen LogP contribution in [-0.2, 0) is 15.0 Å². The van der Waals surface area contributed by atoms with Gasteiger partial charge in [0.25, 0.3) is 0 Å². The lowest BCUT2D eigenvalue weighted by atomic mass is 9.71. The van der Waals surface area contributed by atoms with Gasteiger partial charge < -0.3 is 10.0 Å². The molecule has 4 heteroatoms. The van der Waals surface area contributed by atoms with E-state index in [1.807, 2.05) is 36.4 Å². The van der Waals surface area contributed by atoms with E-state index in [4.69, 9.17) is 0 Å². The van der Waals surface area contributed by atoms with Gasteiger partial charge in [0.1, 0.15) is 5.41 Å². The molecule has 0 saturated carbocycles. The first kappa shape index (κ1) is 15.8. The van der Waals surface area contributed by atoms with Crippen molar-refractivity contribution >= 4 is 11.9 Å². The molecule has 22 heavy (non-hydrogen) atoms. The average Bonchev–Trinajstić information content (AvgIpc) is 2.53. The van der Waals surface area contributed by atoms with Gasteiger partial charge in [-0.2, -0.15) is 0 Å². The molecule has 2 rings (SSSR count). The highest BCUT2D eigenvalue weighted by atomic mass is 16.4. The van der Waals surface area contributed by atoms with Crippen LogP contribution in [0.5, 0.6) is 0 Å². The maximum absolute atomic E-state index is 13.0. The summed E-state index contributed by atoms with van der Waals surface area (Å²) in [5.74, 6) is -1.25. The van der Waals surface area contributed by atoms with E-state index in [1.54, 1.807) is 38.4 Å². The van der Waals surface area contributed by atoms with Gasteiger partial charge in [0, 0.05) is 14.1 Å². The van der Waals surface area contributed by atoms with Crippen molar-refractivity contribution in [2.75, 3.05) is 14.1 Å². The zero-order chi connectivity index (χ0) is 16.2. The first-order valence-corrected chi connectivity index (χ1v) is 7.03. The fourth-order valence-corrected chi connectivity index (χ4v) is 2.75. The zero-order valence-corrected chi connectivity index (χ0v) is 12.7. The molecule has 1 amide bonds. The molecular formula is C18H19NO3. The number of rotatable bonds is 5. The van der Waals surface area contributed by atoms with E-state index in [9.17, 15) is 14.7 Å². The number of carbonyl (C=O) groups is 2. The summed E-state index contributed by atoms with van der Waals surface area (Å²) in [4.78, 5) is 25.9. The van der Waals surface area contributed by atoms with Crippen LogP contribution in [0, 0.1) is 0 Å². The highest BCUT2D eigenvalue weighted by molar-refractivity contribution is 5.95. The van der Waals surface area contributed by atoms with Gasteiger partial charge in [-0.05, 0) is 11.1 Å². The molecule has 0 spiro atoms. The number of aliphatic carboxylic acids is 1. The molecule has 114 valence electrons. The summed E-state index contributed by atoms with van der Waals surface area (Å²) in [5, 5.41) is 9.43. The van der Waals surface area contributed by atoms with Gasteiger partial charge in [0.2, 0.25) is 5.91 Å². The van der Waals surface area contributed by atoms with Crippen LogP contribution in [0.1, 0.15) is 17.5 Å². The van der Waals surface area contributed by atoms with E-state index in [0.717, 1.165) is 0 Å². The Morgan fingerprint density at radius 3 is 1.64 bits per heavy atom. The molecule has 0 aromatic heterocycles. The normalized spacial score (nSPS) is 11.0. The third-order valence-electron chi connectivity index (χ3n) is 3.72. The SMILES string of the molecule is CN(C)C(=O)C(CC(=O)O)(c1ccccc1)c1ccccc1. The number of nitrogens with zero attached hydrogens (tertiary/aromatic N) is 1. The van der Waals surface area contributed by atoms with Crippen LogP contribution < -0.4 is 0 Å². The zero-order valence-electron chi connectivity index (χ0n) is 12.7. The predicted octanol–water partition coefficient (Wildman–Crippen LogP) is 2.54. The molecule has 2 aromatic carbocycles. The Hall–Kier alpha value is -2.62. The number of carbonyl (C=O) groups excluding carboxylic acids is 1. The number of hydrogen-bond acceptors (Lipinski definition) is 2. The number of hydrogen-bond donors (Lipinski definition) is 1. The number of amides is 1. The van der Waals surface area contributed by atoms with Gasteiger partial charge in [-0.1, -0.05) is 60.7 Å². The second kappa shape index (κ2) is 6.43. The highest BCUT2D eigenvalue weighted by Crippen LogP contribution is 2.37. The van der Waals surface area contributed by atoms with Crippen molar-refractivity contribution in [3.05, 3.63) is 71.8 Å². The molecule has 0 fully saturated rings. The van der Waals surface area contributed by atoms with Crippen LogP contribution >= 0.6 is 0 Å². The van der Waals surface area contributed by atoms with E-state index < -0.39 is 11.4 Å². The summed E-state index contributed by atoms with van der Waals surface area (Å²) < 4.78 is 0. The largest absolute Gasteiger partial charge is 0.481 e. The smallest absolute Gasteiger partial charge is 0.305 e. The number of carboxylic acids is 1. The Balaban J connectivity index is 2.75. The monoisotopic (exact) mass is 297 g/mol. The lowest BCUT2D eigenvalue weighted by Gasteiger charge is -2.34. The Bertz CT molecular complexity index is 611. The lowest BCUT2D eigenvalue weighted by Crippen LogP contribution is -2.46. The second-order valence-corrected chi connectivity index (χ2v) is 5.41. The van der Waals surface area contributed by atoms with Crippen LogP contribution in [-0.4, -0.2) is 36.0 Å². The number of likely N-dealkylation sites (N-methyl/N-ethyl adjacent to an activating group) is 1. The Morgan fingerprint density at radius 2 is 1.32 bits per heavy atom. The van der Waals surface area contributed by atoms with Gasteiger partial charge in [-0.3, -0.25) is 9.59 Å². The predicted molar refractivity (Wildman–Crippen MR) is 84.6 cm³/mol. The minimum Gasteiger partial charge on any atom is -0.481 e. The second-order valence-electron chi connectivity index (χ2n) is 5.41. The van der Waals surface area contributed by atoms with E-state index in [-0.39, 0.29) is 12.3 Å². The molecule has 0 radical (unpaired) electrons. The van der Waals surface area contributed by atoms with Crippen molar-refractivity contribution in [3.63, 3.8) is 0 Å². The molecule has 4 nitrogen and oxygen atoms in total. The van der Waals surface area contributed by atoms with Crippen molar-refractivity contribution in [1.82, 2.24) is 4.90 Å². The fourth-order valence-electron chi connectivity index (χ4n) is 2.75. The topological polar surface area (TPSA) is 57.6 Å². The van der Waals surface area contributed by atoms with Crippen molar-refractivity contribution < 1.29 is 14.7 Å². The van der Waals surface area contributed by atoms with Crippen LogP contribution in [0.25, 0.3) is 0 Å². The number of benzene rings is 2. The molecule has 1 N–H and O–H groups in total.